The second kappa shape index (κ2) is 4.18. The number of nitrogens with two attached hydrogens (primary N) is 1. The zero-order valence-electron chi connectivity index (χ0n) is 8.28. The van der Waals surface area contributed by atoms with Gasteiger partial charge >= 0.3 is 0 Å². The summed E-state index contributed by atoms with van der Waals surface area (Å²) >= 11 is 0. The second-order valence-corrected chi connectivity index (χ2v) is 3.21. The van der Waals surface area contributed by atoms with E-state index in [-0.39, 0.29) is 5.75 Å². The molecule has 0 heterocycles. The van der Waals surface area contributed by atoms with Crippen molar-refractivity contribution in [3.8, 4) is 11.5 Å². The molecule has 2 nitrogen and oxygen atoms in total. The van der Waals surface area contributed by atoms with Gasteiger partial charge in [0.05, 0.1) is 5.69 Å². The zero-order valence-corrected chi connectivity index (χ0v) is 8.28. The van der Waals surface area contributed by atoms with Gasteiger partial charge in [-0.3, -0.25) is 0 Å². The van der Waals surface area contributed by atoms with Gasteiger partial charge in [0.25, 0.3) is 0 Å². The van der Waals surface area contributed by atoms with Crippen molar-refractivity contribution in [3.05, 3.63) is 54.1 Å². The second-order valence-electron chi connectivity index (χ2n) is 3.21. The standard InChI is InChI=1S/C12H9F2NO/c13-8-5-6-11(9(14)7-8)16-12-4-2-1-3-10(12)15/h1-7H,15H2. The van der Waals surface area contributed by atoms with Gasteiger partial charge in [0.15, 0.2) is 11.6 Å². The molecule has 0 aliphatic carbocycles. The summed E-state index contributed by atoms with van der Waals surface area (Å²) in [4.78, 5) is 0. The van der Waals surface area contributed by atoms with E-state index in [0.29, 0.717) is 11.4 Å². The van der Waals surface area contributed by atoms with Crippen molar-refractivity contribution in [1.82, 2.24) is 0 Å². The molecule has 0 aromatic heterocycles. The Kier molecular flexibility index (Phi) is 2.72. The van der Waals surface area contributed by atoms with Crippen molar-refractivity contribution >= 4 is 5.69 Å². The largest absolute Gasteiger partial charge is 0.452 e. The molecule has 2 aromatic rings. The fraction of sp³-hybridized carbons (Fsp3) is 0. The minimum Gasteiger partial charge on any atom is -0.452 e. The van der Waals surface area contributed by atoms with E-state index < -0.39 is 11.6 Å². The minimum atomic E-state index is -0.761. The van der Waals surface area contributed by atoms with Gasteiger partial charge in [-0.15, -0.1) is 0 Å². The van der Waals surface area contributed by atoms with Crippen LogP contribution < -0.4 is 10.5 Å². The highest BCUT2D eigenvalue weighted by Crippen LogP contribution is 2.28. The van der Waals surface area contributed by atoms with Crippen molar-refractivity contribution in [3.63, 3.8) is 0 Å². The maximum Gasteiger partial charge on any atom is 0.168 e. The van der Waals surface area contributed by atoms with Crippen LogP contribution in [0.5, 0.6) is 11.5 Å². The summed E-state index contributed by atoms with van der Waals surface area (Å²) in [5.74, 6) is -1.12. The van der Waals surface area contributed by atoms with E-state index in [1.54, 1.807) is 24.3 Å². The normalized spacial score (nSPS) is 10.1. The number of rotatable bonds is 2. The number of benzene rings is 2. The average molecular weight is 221 g/mol. The van der Waals surface area contributed by atoms with Gasteiger partial charge in [0.2, 0.25) is 0 Å². The van der Waals surface area contributed by atoms with Gasteiger partial charge in [-0.1, -0.05) is 12.1 Å². The lowest BCUT2D eigenvalue weighted by Gasteiger charge is -2.08. The molecule has 2 N–H and O–H groups in total. The van der Waals surface area contributed by atoms with Crippen molar-refractivity contribution in [2.45, 2.75) is 0 Å². The van der Waals surface area contributed by atoms with Crippen LogP contribution in [0.3, 0.4) is 0 Å². The molecule has 0 saturated heterocycles. The summed E-state index contributed by atoms with van der Waals surface area (Å²) in [6.45, 7) is 0. The monoisotopic (exact) mass is 221 g/mol. The van der Waals surface area contributed by atoms with Crippen molar-refractivity contribution in [2.24, 2.45) is 0 Å². The van der Waals surface area contributed by atoms with Crippen LogP contribution in [0, 0.1) is 11.6 Å². The first kappa shape index (κ1) is 10.4. The zero-order chi connectivity index (χ0) is 11.5. The van der Waals surface area contributed by atoms with Crippen LogP contribution in [0.15, 0.2) is 42.5 Å². The van der Waals surface area contributed by atoms with E-state index in [4.69, 9.17) is 10.5 Å². The highest BCUT2D eigenvalue weighted by atomic mass is 19.1. The van der Waals surface area contributed by atoms with Crippen LogP contribution >= 0.6 is 0 Å². The van der Waals surface area contributed by atoms with Crippen LogP contribution in [0.25, 0.3) is 0 Å². The van der Waals surface area contributed by atoms with E-state index in [0.717, 1.165) is 12.1 Å². The lowest BCUT2D eigenvalue weighted by atomic mass is 10.3. The fourth-order valence-corrected chi connectivity index (χ4v) is 1.25. The third-order valence-corrected chi connectivity index (χ3v) is 2.03. The van der Waals surface area contributed by atoms with Crippen molar-refractivity contribution < 1.29 is 13.5 Å². The summed E-state index contributed by atoms with van der Waals surface area (Å²) in [7, 11) is 0. The van der Waals surface area contributed by atoms with E-state index in [1.807, 2.05) is 0 Å². The lowest BCUT2D eigenvalue weighted by molar-refractivity contribution is 0.439. The summed E-state index contributed by atoms with van der Waals surface area (Å²) in [6, 6.07) is 9.80. The van der Waals surface area contributed by atoms with Gasteiger partial charge in [0, 0.05) is 6.07 Å². The Morgan fingerprint density at radius 1 is 0.938 bits per heavy atom. The molecule has 0 spiro atoms. The number of hydrogen-bond acceptors (Lipinski definition) is 2. The maximum absolute atomic E-state index is 13.3. The molecule has 0 unspecified atom stereocenters. The van der Waals surface area contributed by atoms with Crippen LogP contribution in [-0.4, -0.2) is 0 Å². The summed E-state index contributed by atoms with van der Waals surface area (Å²) < 4.78 is 31.1. The Morgan fingerprint density at radius 2 is 1.69 bits per heavy atom. The van der Waals surface area contributed by atoms with Crippen LogP contribution in [-0.2, 0) is 0 Å². The molecule has 16 heavy (non-hydrogen) atoms. The average Bonchev–Trinajstić information content (AvgIpc) is 2.25. The van der Waals surface area contributed by atoms with Gasteiger partial charge in [-0.2, -0.15) is 0 Å². The summed E-state index contributed by atoms with van der Waals surface area (Å²) in [5, 5.41) is 0. The number of anilines is 1. The first-order chi connectivity index (χ1) is 7.66. The Bertz CT molecular complexity index is 514. The molecular formula is C12H9F2NO. The predicted octanol–water partition coefficient (Wildman–Crippen LogP) is 3.34. The van der Waals surface area contributed by atoms with Crippen LogP contribution in [0.1, 0.15) is 0 Å². The SMILES string of the molecule is Nc1ccccc1Oc1ccc(F)cc1F. The van der Waals surface area contributed by atoms with E-state index in [2.05, 4.69) is 0 Å². The van der Waals surface area contributed by atoms with Crippen molar-refractivity contribution in [2.75, 3.05) is 5.73 Å². The predicted molar refractivity (Wildman–Crippen MR) is 57.3 cm³/mol. The van der Waals surface area contributed by atoms with Crippen LogP contribution in [0.4, 0.5) is 14.5 Å². The van der Waals surface area contributed by atoms with Crippen molar-refractivity contribution in [1.29, 1.82) is 0 Å². The number of hydrogen-bond donors (Lipinski definition) is 1. The van der Waals surface area contributed by atoms with Gasteiger partial charge in [-0.25, -0.2) is 8.78 Å². The molecule has 0 aliphatic rings. The number of para-hydroxylation sites is 2. The van der Waals surface area contributed by atoms with E-state index in [9.17, 15) is 8.78 Å². The number of ether oxygens (including phenoxy) is 1. The minimum absolute atomic E-state index is 0.0562. The topological polar surface area (TPSA) is 35.2 Å². The Morgan fingerprint density at radius 3 is 2.38 bits per heavy atom. The highest BCUT2D eigenvalue weighted by molar-refractivity contribution is 5.53. The van der Waals surface area contributed by atoms with Crippen LogP contribution in [0.2, 0.25) is 0 Å². The molecule has 0 fully saturated rings. The van der Waals surface area contributed by atoms with E-state index >= 15 is 0 Å². The van der Waals surface area contributed by atoms with Gasteiger partial charge in [-0.05, 0) is 24.3 Å². The van der Waals surface area contributed by atoms with E-state index in [1.165, 1.54) is 6.07 Å². The van der Waals surface area contributed by atoms with Gasteiger partial charge < -0.3 is 10.5 Å². The molecule has 0 atom stereocenters. The molecule has 0 amide bonds. The molecular weight excluding hydrogens is 212 g/mol. The Balaban J connectivity index is 2.31. The summed E-state index contributed by atoms with van der Waals surface area (Å²) in [5.41, 5.74) is 6.02. The molecule has 0 aliphatic heterocycles. The molecule has 4 heteroatoms. The molecule has 0 radical (unpaired) electrons. The molecule has 2 rings (SSSR count). The lowest BCUT2D eigenvalue weighted by Crippen LogP contribution is -1.93. The fourth-order valence-electron chi connectivity index (χ4n) is 1.25. The molecule has 2 aromatic carbocycles. The van der Waals surface area contributed by atoms with Gasteiger partial charge in [0.1, 0.15) is 11.6 Å². The third kappa shape index (κ3) is 2.11. The molecule has 0 saturated carbocycles. The summed E-state index contributed by atoms with van der Waals surface area (Å²) in [6.07, 6.45) is 0. The third-order valence-electron chi connectivity index (χ3n) is 2.03. The Hall–Kier alpha value is -2.10. The highest BCUT2D eigenvalue weighted by Gasteiger charge is 2.07. The smallest absolute Gasteiger partial charge is 0.168 e. The maximum atomic E-state index is 13.3. The Labute approximate surface area is 91.3 Å². The molecule has 0 bridgehead atoms. The number of nitrogen functional groups attached to an aromatic ring is 1. The number of halogens is 2. The first-order valence-electron chi connectivity index (χ1n) is 4.64. The first-order valence-corrected chi connectivity index (χ1v) is 4.64. The molecule has 82 valence electrons. The quantitative estimate of drug-likeness (QED) is 0.789.